The number of carbonyl (C=O) groups is 4. The second-order valence-corrected chi connectivity index (χ2v) is 11.5. The van der Waals surface area contributed by atoms with Crippen LogP contribution in [-0.4, -0.2) is 52.7 Å². The van der Waals surface area contributed by atoms with Gasteiger partial charge in [-0.25, -0.2) is 4.79 Å². The molecule has 1 saturated carbocycles. The van der Waals surface area contributed by atoms with Crippen molar-refractivity contribution in [2.24, 2.45) is 23.2 Å². The lowest BCUT2D eigenvalue weighted by Crippen LogP contribution is -2.55. The van der Waals surface area contributed by atoms with Gasteiger partial charge in [-0.1, -0.05) is 50.3 Å². The van der Waals surface area contributed by atoms with Gasteiger partial charge in [0.25, 0.3) is 0 Å². The summed E-state index contributed by atoms with van der Waals surface area (Å²) in [4.78, 5) is 51.2. The Hall–Kier alpha value is -3.26. The normalized spacial score (nSPS) is 32.6. The molecular formula is C31H40O8. The highest BCUT2D eigenvalue weighted by atomic mass is 16.6. The van der Waals surface area contributed by atoms with Crippen molar-refractivity contribution in [1.82, 2.24) is 0 Å². The van der Waals surface area contributed by atoms with Gasteiger partial charge in [-0.15, -0.1) is 0 Å². The van der Waals surface area contributed by atoms with Gasteiger partial charge in [0.1, 0.15) is 18.0 Å². The third kappa shape index (κ3) is 6.67. The fourth-order valence-corrected chi connectivity index (χ4v) is 5.73. The number of allylic oxidation sites excluding steroid dienone is 1. The van der Waals surface area contributed by atoms with Crippen LogP contribution in [0.1, 0.15) is 71.7 Å². The average molecular weight is 541 g/mol. The second kappa shape index (κ2) is 11.9. The molecule has 8 nitrogen and oxygen atoms in total. The maximum absolute atomic E-state index is 13.2. The van der Waals surface area contributed by atoms with Crippen LogP contribution in [0.25, 0.3) is 0 Å². The van der Waals surface area contributed by atoms with Gasteiger partial charge in [-0.2, -0.15) is 0 Å². The third-order valence-corrected chi connectivity index (χ3v) is 7.84. The number of Topliss-reactive ketones (excluding diaryl/α,β-unsaturated/α-hetero) is 1. The molecule has 0 aliphatic heterocycles. The van der Waals surface area contributed by atoms with Crippen LogP contribution in [0.5, 0.6) is 0 Å². The van der Waals surface area contributed by atoms with Crippen LogP contribution < -0.4 is 0 Å². The Morgan fingerprint density at radius 2 is 1.64 bits per heavy atom. The maximum atomic E-state index is 13.2. The van der Waals surface area contributed by atoms with Crippen LogP contribution >= 0.6 is 0 Å². The Morgan fingerprint density at radius 3 is 2.23 bits per heavy atom. The summed E-state index contributed by atoms with van der Waals surface area (Å²) in [7, 11) is 0. The zero-order valence-electron chi connectivity index (χ0n) is 23.8. The first kappa shape index (κ1) is 30.3. The second-order valence-electron chi connectivity index (χ2n) is 11.5. The highest BCUT2D eigenvalue weighted by Gasteiger charge is 2.62. The van der Waals surface area contributed by atoms with Crippen LogP contribution in [0.3, 0.4) is 0 Å². The lowest BCUT2D eigenvalue weighted by molar-refractivity contribution is -0.195. The number of hydrogen-bond donors (Lipinski definition) is 1. The lowest BCUT2D eigenvalue weighted by Gasteiger charge is -2.43. The fourth-order valence-electron chi connectivity index (χ4n) is 5.73. The molecule has 1 N–H and O–H groups in total. The Balaban J connectivity index is 2.23. The molecule has 7 atom stereocenters. The predicted molar refractivity (Wildman–Crippen MR) is 144 cm³/mol. The molecule has 1 aromatic carbocycles. The molecule has 2 aliphatic rings. The summed E-state index contributed by atoms with van der Waals surface area (Å²) >= 11 is 0. The van der Waals surface area contributed by atoms with Crippen LogP contribution in [0, 0.1) is 23.2 Å². The van der Waals surface area contributed by atoms with Crippen molar-refractivity contribution in [1.29, 1.82) is 0 Å². The minimum Gasteiger partial charge on any atom is -0.458 e. The molecule has 0 amide bonds. The van der Waals surface area contributed by atoms with E-state index in [4.69, 9.17) is 14.2 Å². The summed E-state index contributed by atoms with van der Waals surface area (Å²) in [6, 6.07) is 8.56. The molecule has 0 heterocycles. The molecule has 0 spiro atoms. The molecule has 0 radical (unpaired) electrons. The van der Waals surface area contributed by atoms with E-state index < -0.39 is 59.1 Å². The Labute approximate surface area is 230 Å². The van der Waals surface area contributed by atoms with E-state index in [-0.39, 0.29) is 24.5 Å². The van der Waals surface area contributed by atoms with E-state index in [9.17, 15) is 24.3 Å². The third-order valence-electron chi connectivity index (χ3n) is 7.84. The molecule has 0 bridgehead atoms. The molecule has 0 aromatic heterocycles. The minimum atomic E-state index is -1.41. The van der Waals surface area contributed by atoms with Crippen molar-refractivity contribution in [3.8, 4) is 0 Å². The summed E-state index contributed by atoms with van der Waals surface area (Å²) in [5, 5.41) is 11.0. The van der Waals surface area contributed by atoms with Crippen molar-refractivity contribution in [3.05, 3.63) is 59.7 Å². The molecule has 1 aromatic rings. The standard InChI is InChI=1S/C31H40O8/c1-18-13-14-30(6,7)26(35)16-25(34)19(2)15-24-27(38-29(36)23-11-9-8-10-12-23)20(3)17-31(24,39-22(5)33)28(18)37-21(4)32/h8-15,18,20,24-25,27-28,34H,16-17H2,1-7H3/t18-,20+,24+,25-,27+,28+,31-/m1/s1. The van der Waals surface area contributed by atoms with E-state index in [1.807, 2.05) is 13.8 Å². The van der Waals surface area contributed by atoms with E-state index in [0.29, 0.717) is 11.1 Å². The first-order chi connectivity index (χ1) is 18.2. The van der Waals surface area contributed by atoms with Crippen LogP contribution in [-0.2, 0) is 28.6 Å². The average Bonchev–Trinajstić information content (AvgIpc) is 3.10. The van der Waals surface area contributed by atoms with Crippen molar-refractivity contribution >= 4 is 23.7 Å². The fraction of sp³-hybridized carbons (Fsp3) is 0.548. The molecule has 3 rings (SSSR count). The first-order valence-corrected chi connectivity index (χ1v) is 13.4. The first-order valence-electron chi connectivity index (χ1n) is 13.4. The maximum Gasteiger partial charge on any atom is 0.338 e. The highest BCUT2D eigenvalue weighted by Crippen LogP contribution is 2.51. The van der Waals surface area contributed by atoms with E-state index in [1.165, 1.54) is 13.8 Å². The molecule has 1 fully saturated rings. The van der Waals surface area contributed by atoms with E-state index in [2.05, 4.69) is 0 Å². The summed E-state index contributed by atoms with van der Waals surface area (Å²) < 4.78 is 18.0. The van der Waals surface area contributed by atoms with Crippen LogP contribution in [0.2, 0.25) is 0 Å². The van der Waals surface area contributed by atoms with Crippen molar-refractivity contribution in [2.75, 3.05) is 0 Å². The van der Waals surface area contributed by atoms with Crippen LogP contribution in [0.4, 0.5) is 0 Å². The Bertz CT molecular complexity index is 1150. The monoisotopic (exact) mass is 540 g/mol. The zero-order chi connectivity index (χ0) is 29.1. The lowest BCUT2D eigenvalue weighted by atomic mass is 9.75. The molecule has 212 valence electrons. The SMILES string of the molecule is CC(=O)O[C@H]1[C@H](C)C=CC(C)(C)C(=O)C[C@@H](O)C(C)=C[C@H]2[C@@H](OC(=O)c3ccccc3)[C@@H](C)C[C@@]21OC(C)=O. The van der Waals surface area contributed by atoms with Gasteiger partial charge in [0, 0.05) is 31.6 Å². The number of fused-ring (bicyclic) bond motifs is 1. The van der Waals surface area contributed by atoms with E-state index >= 15 is 0 Å². The number of ether oxygens (including phenoxy) is 3. The van der Waals surface area contributed by atoms with E-state index in [0.717, 1.165) is 0 Å². The topological polar surface area (TPSA) is 116 Å². The number of carbonyl (C=O) groups excluding carboxylic acids is 4. The van der Waals surface area contributed by atoms with Crippen molar-refractivity contribution in [2.45, 2.75) is 85.2 Å². The smallest absolute Gasteiger partial charge is 0.338 e. The highest BCUT2D eigenvalue weighted by molar-refractivity contribution is 5.89. The van der Waals surface area contributed by atoms with Gasteiger partial charge in [-0.05, 0) is 50.8 Å². The van der Waals surface area contributed by atoms with Gasteiger partial charge in [0.05, 0.1) is 17.6 Å². The van der Waals surface area contributed by atoms with Gasteiger partial charge in [0.2, 0.25) is 0 Å². The van der Waals surface area contributed by atoms with Crippen LogP contribution in [0.15, 0.2) is 54.1 Å². The zero-order valence-corrected chi connectivity index (χ0v) is 23.8. The number of rotatable bonds is 4. The number of benzene rings is 1. The van der Waals surface area contributed by atoms with Gasteiger partial charge in [0.15, 0.2) is 5.60 Å². The van der Waals surface area contributed by atoms with Gasteiger partial charge >= 0.3 is 17.9 Å². The van der Waals surface area contributed by atoms with Gasteiger partial charge < -0.3 is 19.3 Å². The summed E-state index contributed by atoms with van der Waals surface area (Å²) in [5.41, 5.74) is -1.46. The Kier molecular flexibility index (Phi) is 9.21. The quantitative estimate of drug-likeness (QED) is 0.335. The number of hydrogen-bond acceptors (Lipinski definition) is 8. The summed E-state index contributed by atoms with van der Waals surface area (Å²) in [6.45, 7) is 11.5. The summed E-state index contributed by atoms with van der Waals surface area (Å²) in [5.74, 6) is -3.40. The molecule has 0 saturated heterocycles. The number of aliphatic hydroxyl groups excluding tert-OH is 1. The molecule has 8 heteroatoms. The van der Waals surface area contributed by atoms with Crippen molar-refractivity contribution in [3.63, 3.8) is 0 Å². The number of ketones is 1. The predicted octanol–water partition coefficient (Wildman–Crippen LogP) is 4.60. The van der Waals surface area contributed by atoms with Crippen molar-refractivity contribution < 1.29 is 38.5 Å². The van der Waals surface area contributed by atoms with E-state index in [1.54, 1.807) is 69.3 Å². The largest absolute Gasteiger partial charge is 0.458 e. The molecule has 39 heavy (non-hydrogen) atoms. The molecule has 0 unspecified atom stereocenters. The molecule has 2 aliphatic carbocycles. The summed E-state index contributed by atoms with van der Waals surface area (Å²) in [6.07, 6.45) is 2.53. The number of aliphatic hydroxyl groups is 1. The number of esters is 3. The Morgan fingerprint density at radius 1 is 1.00 bits per heavy atom. The molecular weight excluding hydrogens is 500 g/mol. The van der Waals surface area contributed by atoms with Gasteiger partial charge in [-0.3, -0.25) is 14.4 Å². The minimum absolute atomic E-state index is 0.112.